The lowest BCUT2D eigenvalue weighted by Crippen LogP contribution is -2.52. The van der Waals surface area contributed by atoms with Gasteiger partial charge in [0.2, 0.25) is 21.8 Å². The number of halogens is 1. The van der Waals surface area contributed by atoms with Crippen molar-refractivity contribution in [2.45, 2.75) is 46.3 Å². The van der Waals surface area contributed by atoms with E-state index < -0.39 is 28.5 Å². The minimum atomic E-state index is -3.74. The van der Waals surface area contributed by atoms with E-state index in [0.717, 1.165) is 26.2 Å². The second-order valence-corrected chi connectivity index (χ2v) is 10.9. The van der Waals surface area contributed by atoms with E-state index >= 15 is 0 Å². The molecule has 2 rings (SSSR count). The molecule has 0 saturated heterocycles. The maximum Gasteiger partial charge on any atom is 0.244 e. The summed E-state index contributed by atoms with van der Waals surface area (Å²) in [5.41, 5.74) is 2.24. The first-order valence-corrected chi connectivity index (χ1v) is 12.9. The van der Waals surface area contributed by atoms with Gasteiger partial charge in [-0.25, -0.2) is 8.42 Å². The fraction of sp³-hybridized carbons (Fsp3) is 0.391. The van der Waals surface area contributed by atoms with Crippen molar-refractivity contribution in [3.05, 3.63) is 64.1 Å². The Balaban J connectivity index is 2.39. The molecular formula is C23H30BrN3O4S. The molecule has 0 fully saturated rings. The van der Waals surface area contributed by atoms with Crippen molar-refractivity contribution < 1.29 is 18.0 Å². The summed E-state index contributed by atoms with van der Waals surface area (Å²) in [6.07, 6.45) is 1.06. The monoisotopic (exact) mass is 523 g/mol. The van der Waals surface area contributed by atoms with Gasteiger partial charge in [0, 0.05) is 17.1 Å². The number of rotatable bonds is 9. The van der Waals surface area contributed by atoms with Gasteiger partial charge in [0.05, 0.1) is 11.9 Å². The highest BCUT2D eigenvalue weighted by atomic mass is 79.9. The summed E-state index contributed by atoms with van der Waals surface area (Å²) in [6.45, 7) is 7.05. The van der Waals surface area contributed by atoms with Crippen molar-refractivity contribution in [2.75, 3.05) is 17.1 Å². The van der Waals surface area contributed by atoms with Gasteiger partial charge in [0.15, 0.2) is 0 Å². The van der Waals surface area contributed by atoms with Crippen LogP contribution in [0.3, 0.4) is 0 Å². The Labute approximate surface area is 199 Å². The van der Waals surface area contributed by atoms with Crippen LogP contribution in [0.5, 0.6) is 0 Å². The molecule has 0 heterocycles. The molecule has 0 aliphatic heterocycles. The van der Waals surface area contributed by atoms with Crippen molar-refractivity contribution in [1.29, 1.82) is 0 Å². The summed E-state index contributed by atoms with van der Waals surface area (Å²) in [4.78, 5) is 27.6. The first-order chi connectivity index (χ1) is 14.9. The first-order valence-electron chi connectivity index (χ1n) is 10.3. The van der Waals surface area contributed by atoms with E-state index in [1.807, 2.05) is 45.0 Å². The normalized spacial score (nSPS) is 12.3. The number of carbonyl (C=O) groups excluding carboxylic acids is 2. The van der Waals surface area contributed by atoms with Gasteiger partial charge in [0.1, 0.15) is 12.6 Å². The molecule has 1 N–H and O–H groups in total. The first kappa shape index (κ1) is 25.9. The third-order valence-corrected chi connectivity index (χ3v) is 6.66. The Morgan fingerprint density at radius 2 is 1.62 bits per heavy atom. The Hall–Kier alpha value is -2.39. The van der Waals surface area contributed by atoms with E-state index in [9.17, 15) is 18.0 Å². The number of amides is 2. The number of anilines is 1. The number of hydrogen-bond acceptors (Lipinski definition) is 4. The second kappa shape index (κ2) is 11.0. The highest BCUT2D eigenvalue weighted by Crippen LogP contribution is 2.22. The molecule has 1 unspecified atom stereocenters. The highest BCUT2D eigenvalue weighted by molar-refractivity contribution is 9.10. The molecule has 32 heavy (non-hydrogen) atoms. The van der Waals surface area contributed by atoms with Crippen molar-refractivity contribution >= 4 is 43.5 Å². The van der Waals surface area contributed by atoms with E-state index in [0.29, 0.717) is 5.69 Å². The van der Waals surface area contributed by atoms with E-state index in [1.54, 1.807) is 31.2 Å². The summed E-state index contributed by atoms with van der Waals surface area (Å²) in [5.74, 6) is -0.760. The fourth-order valence-corrected chi connectivity index (χ4v) is 4.29. The van der Waals surface area contributed by atoms with Crippen LogP contribution in [0.15, 0.2) is 53.0 Å². The van der Waals surface area contributed by atoms with E-state index in [2.05, 4.69) is 21.2 Å². The molecule has 7 nitrogen and oxygen atoms in total. The molecule has 2 aromatic carbocycles. The van der Waals surface area contributed by atoms with Gasteiger partial charge in [-0.05, 0) is 63.1 Å². The maximum atomic E-state index is 13.4. The number of benzene rings is 2. The van der Waals surface area contributed by atoms with Crippen LogP contribution in [0.4, 0.5) is 5.69 Å². The molecule has 0 spiro atoms. The second-order valence-electron chi connectivity index (χ2n) is 8.03. The van der Waals surface area contributed by atoms with Gasteiger partial charge >= 0.3 is 0 Å². The molecule has 9 heteroatoms. The topological polar surface area (TPSA) is 86.8 Å². The molecule has 0 saturated carbocycles. The van der Waals surface area contributed by atoms with Crippen molar-refractivity contribution in [3.8, 4) is 0 Å². The van der Waals surface area contributed by atoms with Crippen molar-refractivity contribution in [3.63, 3.8) is 0 Å². The maximum absolute atomic E-state index is 13.4. The Morgan fingerprint density at radius 1 is 1.03 bits per heavy atom. The van der Waals surface area contributed by atoms with Crippen LogP contribution in [0.1, 0.15) is 31.9 Å². The van der Waals surface area contributed by atoms with Gasteiger partial charge in [0.25, 0.3) is 0 Å². The molecular weight excluding hydrogens is 494 g/mol. The van der Waals surface area contributed by atoms with Gasteiger partial charge < -0.3 is 10.2 Å². The van der Waals surface area contributed by atoms with Gasteiger partial charge in [-0.1, -0.05) is 40.2 Å². The minimum absolute atomic E-state index is 0.0874. The fourth-order valence-electron chi connectivity index (χ4n) is 3.18. The lowest BCUT2D eigenvalue weighted by atomic mass is 10.1. The quantitative estimate of drug-likeness (QED) is 0.545. The third-order valence-electron chi connectivity index (χ3n) is 4.99. The lowest BCUT2D eigenvalue weighted by Gasteiger charge is -2.32. The zero-order chi connectivity index (χ0) is 24.1. The summed E-state index contributed by atoms with van der Waals surface area (Å²) in [6, 6.07) is 13.4. The molecule has 174 valence electrons. The standard InChI is InChI=1S/C23H30BrN3O4S/c1-16(2)25-23(29)18(4)26(14-19-9-7-6-8-17(19)3)22(28)15-27(32(5,30)31)21-12-10-20(24)11-13-21/h6-13,16,18H,14-15H2,1-5H3,(H,25,29). The van der Waals surface area contributed by atoms with Crippen LogP contribution in [-0.4, -0.2) is 50.0 Å². The molecule has 0 aliphatic rings. The third kappa shape index (κ3) is 7.06. The average molecular weight is 524 g/mol. The molecule has 0 aromatic heterocycles. The Bertz CT molecular complexity index is 1060. The zero-order valence-corrected chi connectivity index (χ0v) is 21.4. The molecule has 2 amide bonds. The molecule has 0 aliphatic carbocycles. The average Bonchev–Trinajstić information content (AvgIpc) is 2.70. The molecule has 0 bridgehead atoms. The molecule has 1 atom stereocenters. The van der Waals surface area contributed by atoms with Gasteiger partial charge in [-0.2, -0.15) is 0 Å². The lowest BCUT2D eigenvalue weighted by molar-refractivity contribution is -0.139. The van der Waals surface area contributed by atoms with Crippen LogP contribution in [0, 0.1) is 6.92 Å². The minimum Gasteiger partial charge on any atom is -0.352 e. The molecule has 0 radical (unpaired) electrons. The summed E-state index contributed by atoms with van der Waals surface area (Å²) in [7, 11) is -3.74. The Kier molecular flexibility index (Phi) is 8.86. The van der Waals surface area contributed by atoms with E-state index in [-0.39, 0.29) is 18.5 Å². The molecule has 2 aromatic rings. The van der Waals surface area contributed by atoms with Crippen LogP contribution in [-0.2, 0) is 26.2 Å². The van der Waals surface area contributed by atoms with Crippen molar-refractivity contribution in [1.82, 2.24) is 10.2 Å². The predicted octanol–water partition coefficient (Wildman–Crippen LogP) is 3.47. The number of carbonyl (C=O) groups is 2. The number of aryl methyl sites for hydroxylation is 1. The van der Waals surface area contributed by atoms with Crippen molar-refractivity contribution in [2.24, 2.45) is 0 Å². The van der Waals surface area contributed by atoms with Crippen LogP contribution in [0.25, 0.3) is 0 Å². The number of nitrogens with one attached hydrogen (secondary N) is 1. The van der Waals surface area contributed by atoms with Crippen LogP contribution in [0.2, 0.25) is 0 Å². The van der Waals surface area contributed by atoms with E-state index in [4.69, 9.17) is 0 Å². The number of sulfonamides is 1. The summed E-state index contributed by atoms with van der Waals surface area (Å²) in [5, 5.41) is 2.83. The largest absolute Gasteiger partial charge is 0.352 e. The highest BCUT2D eigenvalue weighted by Gasteiger charge is 2.30. The smallest absolute Gasteiger partial charge is 0.244 e. The van der Waals surface area contributed by atoms with Crippen LogP contribution < -0.4 is 9.62 Å². The SMILES string of the molecule is Cc1ccccc1CN(C(=O)CN(c1ccc(Br)cc1)S(C)(=O)=O)C(C)C(=O)NC(C)C. The zero-order valence-electron chi connectivity index (χ0n) is 19.0. The van der Waals surface area contributed by atoms with Gasteiger partial charge in [-0.3, -0.25) is 13.9 Å². The van der Waals surface area contributed by atoms with Gasteiger partial charge in [-0.15, -0.1) is 0 Å². The summed E-state index contributed by atoms with van der Waals surface area (Å²) >= 11 is 3.33. The summed E-state index contributed by atoms with van der Waals surface area (Å²) < 4.78 is 26.8. The van der Waals surface area contributed by atoms with Crippen LogP contribution >= 0.6 is 15.9 Å². The Morgan fingerprint density at radius 3 is 2.16 bits per heavy atom. The van der Waals surface area contributed by atoms with E-state index in [1.165, 1.54) is 4.90 Å². The predicted molar refractivity (Wildman–Crippen MR) is 131 cm³/mol. The number of hydrogen-bond donors (Lipinski definition) is 1. The number of nitrogens with zero attached hydrogens (tertiary/aromatic N) is 2.